The molecular weight excluding hydrogens is 400 g/mol. The van der Waals surface area contributed by atoms with Crippen molar-refractivity contribution in [2.75, 3.05) is 6.61 Å². The van der Waals surface area contributed by atoms with E-state index in [0.717, 1.165) is 16.6 Å². The minimum absolute atomic E-state index is 0.261. The monoisotopic (exact) mass is 424 g/mol. The third-order valence-corrected chi connectivity index (χ3v) is 6.32. The van der Waals surface area contributed by atoms with Crippen molar-refractivity contribution in [2.24, 2.45) is 0 Å². The Kier molecular flexibility index (Phi) is 5.49. The summed E-state index contributed by atoms with van der Waals surface area (Å²) >= 11 is 1.67. The molecule has 0 saturated heterocycles. The van der Waals surface area contributed by atoms with Crippen molar-refractivity contribution in [3.05, 3.63) is 69.0 Å². The fraction of sp³-hybridized carbons (Fsp3) is 0.304. The third kappa shape index (κ3) is 3.55. The first-order chi connectivity index (χ1) is 14.4. The maximum atomic E-state index is 13.5. The Bertz CT molecular complexity index is 1300. The number of hydrogen-bond donors (Lipinski definition) is 1. The summed E-state index contributed by atoms with van der Waals surface area (Å²) in [7, 11) is 0. The Hall–Kier alpha value is -2.90. The number of ether oxygens (including phenoxy) is 1. The molecule has 156 valence electrons. The first-order valence-electron chi connectivity index (χ1n) is 9.91. The lowest BCUT2D eigenvalue weighted by Crippen LogP contribution is -2.30. The highest BCUT2D eigenvalue weighted by Crippen LogP contribution is 2.30. The van der Waals surface area contributed by atoms with Crippen LogP contribution in [-0.2, 0) is 16.1 Å². The van der Waals surface area contributed by atoms with E-state index in [1.807, 2.05) is 31.2 Å². The Balaban J connectivity index is 1.91. The standard InChI is InChI=1S/C23H24N2O4S/c1-4-29-20(11-21(26)27)25-18-10-14(2)8-9-17(18)24(23(25)28)12-16-13-30-19-7-5-6-15(3)22(16)19/h5-10,13,20H,4,11-12H2,1-3H3,(H,26,27). The minimum Gasteiger partial charge on any atom is -0.481 e. The largest absolute Gasteiger partial charge is 0.481 e. The van der Waals surface area contributed by atoms with Crippen LogP contribution in [-0.4, -0.2) is 26.8 Å². The molecule has 0 radical (unpaired) electrons. The number of carbonyl (C=O) groups is 1. The van der Waals surface area contributed by atoms with Crippen LogP contribution in [0.15, 0.2) is 46.6 Å². The van der Waals surface area contributed by atoms with Crippen LogP contribution in [0, 0.1) is 13.8 Å². The van der Waals surface area contributed by atoms with Gasteiger partial charge in [0.05, 0.1) is 24.0 Å². The highest BCUT2D eigenvalue weighted by molar-refractivity contribution is 7.17. The van der Waals surface area contributed by atoms with Gasteiger partial charge < -0.3 is 9.84 Å². The van der Waals surface area contributed by atoms with Crippen LogP contribution in [0.25, 0.3) is 21.1 Å². The number of fused-ring (bicyclic) bond motifs is 2. The number of carboxylic acids is 1. The summed E-state index contributed by atoms with van der Waals surface area (Å²) in [5.41, 5.74) is 4.46. The predicted molar refractivity (Wildman–Crippen MR) is 120 cm³/mol. The van der Waals surface area contributed by atoms with E-state index in [-0.39, 0.29) is 12.1 Å². The van der Waals surface area contributed by atoms with E-state index in [0.29, 0.717) is 18.7 Å². The molecule has 1 N–H and O–H groups in total. The van der Waals surface area contributed by atoms with Crippen molar-refractivity contribution in [3.63, 3.8) is 0 Å². The number of hydrogen-bond acceptors (Lipinski definition) is 4. The molecule has 4 rings (SSSR count). The fourth-order valence-corrected chi connectivity index (χ4v) is 5.05. The zero-order valence-electron chi connectivity index (χ0n) is 17.2. The molecule has 0 bridgehead atoms. The van der Waals surface area contributed by atoms with Crippen molar-refractivity contribution >= 4 is 38.4 Å². The zero-order chi connectivity index (χ0) is 21.4. The highest BCUT2D eigenvalue weighted by Gasteiger charge is 2.24. The Labute approximate surface area is 177 Å². The van der Waals surface area contributed by atoms with E-state index >= 15 is 0 Å². The molecule has 7 heteroatoms. The van der Waals surface area contributed by atoms with Gasteiger partial charge in [-0.15, -0.1) is 11.3 Å². The minimum atomic E-state index is -1.01. The van der Waals surface area contributed by atoms with Crippen LogP contribution in [0.4, 0.5) is 0 Å². The van der Waals surface area contributed by atoms with Crippen LogP contribution >= 0.6 is 11.3 Å². The molecule has 0 amide bonds. The average Bonchev–Trinajstić information content (AvgIpc) is 3.21. The van der Waals surface area contributed by atoms with E-state index in [1.54, 1.807) is 22.8 Å². The SMILES string of the molecule is CCOC(CC(=O)O)n1c(=O)n(Cc2csc3cccc(C)c23)c2ccc(C)cc21. The lowest BCUT2D eigenvalue weighted by atomic mass is 10.1. The van der Waals surface area contributed by atoms with Crippen molar-refractivity contribution in [1.29, 1.82) is 0 Å². The van der Waals surface area contributed by atoms with Gasteiger partial charge in [-0.25, -0.2) is 4.79 Å². The van der Waals surface area contributed by atoms with Gasteiger partial charge in [-0.05, 0) is 61.0 Å². The molecule has 6 nitrogen and oxygen atoms in total. The summed E-state index contributed by atoms with van der Waals surface area (Å²) in [6.45, 7) is 6.56. The van der Waals surface area contributed by atoms with E-state index in [9.17, 15) is 14.7 Å². The van der Waals surface area contributed by atoms with E-state index < -0.39 is 12.2 Å². The van der Waals surface area contributed by atoms with E-state index in [4.69, 9.17) is 4.74 Å². The van der Waals surface area contributed by atoms with E-state index in [1.165, 1.54) is 20.2 Å². The number of benzene rings is 2. The van der Waals surface area contributed by atoms with Gasteiger partial charge in [0.1, 0.15) is 6.23 Å². The molecule has 0 spiro atoms. The van der Waals surface area contributed by atoms with E-state index in [2.05, 4.69) is 24.4 Å². The van der Waals surface area contributed by atoms with Crippen molar-refractivity contribution in [1.82, 2.24) is 9.13 Å². The molecule has 0 fully saturated rings. The van der Waals surface area contributed by atoms with Gasteiger partial charge in [-0.2, -0.15) is 0 Å². The molecular formula is C23H24N2O4S. The first kappa shape index (κ1) is 20.4. The Morgan fingerprint density at radius 3 is 2.73 bits per heavy atom. The number of carboxylic acid groups (broad SMARTS) is 1. The summed E-state index contributed by atoms with van der Waals surface area (Å²) < 4.78 is 10.1. The molecule has 0 aliphatic carbocycles. The molecule has 4 aromatic rings. The number of aliphatic carboxylic acids is 1. The maximum Gasteiger partial charge on any atom is 0.331 e. The molecule has 2 heterocycles. The second kappa shape index (κ2) is 8.08. The molecule has 0 aliphatic heterocycles. The number of thiophene rings is 1. The zero-order valence-corrected chi connectivity index (χ0v) is 18.0. The van der Waals surface area contributed by atoms with Gasteiger partial charge in [-0.1, -0.05) is 18.2 Å². The van der Waals surface area contributed by atoms with Gasteiger partial charge in [0.2, 0.25) is 0 Å². The lowest BCUT2D eigenvalue weighted by molar-refractivity contribution is -0.142. The van der Waals surface area contributed by atoms with Gasteiger partial charge >= 0.3 is 11.7 Å². The maximum absolute atomic E-state index is 13.5. The quantitative estimate of drug-likeness (QED) is 0.467. The van der Waals surface area contributed by atoms with Gasteiger partial charge in [-0.3, -0.25) is 13.9 Å². The molecule has 30 heavy (non-hydrogen) atoms. The first-order valence-corrected chi connectivity index (χ1v) is 10.8. The third-order valence-electron chi connectivity index (χ3n) is 5.33. The van der Waals surface area contributed by atoms with Gasteiger partial charge in [0, 0.05) is 16.7 Å². The van der Waals surface area contributed by atoms with Crippen LogP contribution in [0.3, 0.4) is 0 Å². The second-order valence-corrected chi connectivity index (χ2v) is 8.36. The van der Waals surface area contributed by atoms with Crippen LogP contribution in [0.1, 0.15) is 36.3 Å². The number of imidazole rings is 1. The van der Waals surface area contributed by atoms with Crippen molar-refractivity contribution in [2.45, 2.75) is 40.0 Å². The van der Waals surface area contributed by atoms with Crippen LogP contribution in [0.5, 0.6) is 0 Å². The number of aryl methyl sites for hydroxylation is 2. The molecule has 0 aliphatic rings. The molecule has 2 aromatic heterocycles. The fourth-order valence-electron chi connectivity index (χ4n) is 4.02. The van der Waals surface area contributed by atoms with Crippen LogP contribution < -0.4 is 5.69 Å². The van der Waals surface area contributed by atoms with Crippen molar-refractivity contribution in [3.8, 4) is 0 Å². The van der Waals surface area contributed by atoms with Gasteiger partial charge in [0.25, 0.3) is 0 Å². The number of rotatable bonds is 7. The highest BCUT2D eigenvalue weighted by atomic mass is 32.1. The average molecular weight is 425 g/mol. The lowest BCUT2D eigenvalue weighted by Gasteiger charge is -2.16. The number of nitrogens with zero attached hydrogens (tertiary/aromatic N) is 2. The topological polar surface area (TPSA) is 73.5 Å². The molecule has 1 atom stereocenters. The summed E-state index contributed by atoms with van der Waals surface area (Å²) in [6, 6.07) is 12.0. The van der Waals surface area contributed by atoms with Gasteiger partial charge in [0.15, 0.2) is 0 Å². The molecule has 0 saturated carbocycles. The molecule has 2 aromatic carbocycles. The van der Waals surface area contributed by atoms with Crippen molar-refractivity contribution < 1.29 is 14.6 Å². The summed E-state index contributed by atoms with van der Waals surface area (Å²) in [4.78, 5) is 24.9. The predicted octanol–water partition coefficient (Wildman–Crippen LogP) is 4.69. The van der Waals surface area contributed by atoms with Crippen LogP contribution in [0.2, 0.25) is 0 Å². The normalized spacial score (nSPS) is 12.6. The summed E-state index contributed by atoms with van der Waals surface area (Å²) in [5, 5.41) is 12.6. The summed E-state index contributed by atoms with van der Waals surface area (Å²) in [6.07, 6.45) is -1.13. The molecule has 1 unspecified atom stereocenters. The second-order valence-electron chi connectivity index (χ2n) is 7.45. The smallest absolute Gasteiger partial charge is 0.331 e. The Morgan fingerprint density at radius 2 is 2.00 bits per heavy atom. The summed E-state index contributed by atoms with van der Waals surface area (Å²) in [5.74, 6) is -1.01. The number of aromatic nitrogens is 2. The Morgan fingerprint density at radius 1 is 1.20 bits per heavy atom.